The number of Topliss-reactive ketones (excluding diaryl/α,β-unsaturated/α-hetero) is 1. The number of nitrogens with zero attached hydrogens (tertiary/aromatic N) is 2. The van der Waals surface area contributed by atoms with Crippen LogP contribution in [0.5, 0.6) is 0 Å². The number of hydrogen-bond donors (Lipinski definition) is 0. The molecule has 2 aliphatic rings. The number of fused-ring (bicyclic) bond motifs is 2. The molecule has 3 heteroatoms. The van der Waals surface area contributed by atoms with Crippen LogP contribution in [0.1, 0.15) is 13.8 Å². The molecular formula is C15H20N2O. The van der Waals surface area contributed by atoms with E-state index in [-0.39, 0.29) is 10.8 Å². The predicted octanol–water partition coefficient (Wildman–Crippen LogP) is 0.466. The van der Waals surface area contributed by atoms with Crippen LogP contribution in [-0.2, 0) is 4.79 Å². The highest BCUT2D eigenvalue weighted by molar-refractivity contribution is 5.92. The van der Waals surface area contributed by atoms with Crippen molar-refractivity contribution in [3.63, 3.8) is 0 Å². The zero-order chi connectivity index (χ0) is 13.4. The summed E-state index contributed by atoms with van der Waals surface area (Å²) in [5.74, 6) is 5.73. The maximum Gasteiger partial charge on any atom is 0.149 e. The van der Waals surface area contributed by atoms with E-state index < -0.39 is 0 Å². The molecule has 0 radical (unpaired) electrons. The Morgan fingerprint density at radius 3 is 1.61 bits per heavy atom. The minimum Gasteiger partial charge on any atom is -0.298 e. The van der Waals surface area contributed by atoms with Gasteiger partial charge in [-0.2, -0.15) is 0 Å². The minimum absolute atomic E-state index is 0.334. The molecule has 0 aromatic heterocycles. The van der Waals surface area contributed by atoms with Crippen LogP contribution in [0.15, 0.2) is 0 Å². The van der Waals surface area contributed by atoms with Gasteiger partial charge >= 0.3 is 0 Å². The van der Waals surface area contributed by atoms with Crippen molar-refractivity contribution < 1.29 is 4.79 Å². The number of rotatable bonds is 2. The van der Waals surface area contributed by atoms with Crippen LogP contribution in [0.25, 0.3) is 0 Å². The molecule has 0 atom stereocenters. The Hall–Kier alpha value is -1.29. The molecule has 2 saturated heterocycles. The third-order valence-corrected chi connectivity index (χ3v) is 4.02. The second kappa shape index (κ2) is 4.43. The largest absolute Gasteiger partial charge is 0.298 e. The average Bonchev–Trinajstić information content (AvgIpc) is 2.24. The quantitative estimate of drug-likeness (QED) is 0.660. The fourth-order valence-corrected chi connectivity index (χ4v) is 3.68. The summed E-state index contributed by atoms with van der Waals surface area (Å²) in [7, 11) is 0. The molecular weight excluding hydrogens is 224 g/mol. The van der Waals surface area contributed by atoms with E-state index in [1.165, 1.54) is 0 Å². The van der Waals surface area contributed by atoms with Gasteiger partial charge in [0.25, 0.3) is 0 Å². The fraction of sp³-hybridized carbons (Fsp3) is 0.667. The first-order valence-electron chi connectivity index (χ1n) is 6.30. The SMILES string of the molecule is C#CCN1CC2(C)CN(CC#C)CC(C)(C1)C2=O. The number of piperidine rings is 2. The highest BCUT2D eigenvalue weighted by Crippen LogP contribution is 2.41. The molecule has 2 aliphatic heterocycles. The van der Waals surface area contributed by atoms with E-state index in [1.807, 2.05) is 13.8 Å². The lowest BCUT2D eigenvalue weighted by molar-refractivity contribution is -0.156. The molecule has 0 saturated carbocycles. The van der Waals surface area contributed by atoms with Gasteiger partial charge in [-0.15, -0.1) is 12.8 Å². The Labute approximate surface area is 110 Å². The molecule has 96 valence electrons. The van der Waals surface area contributed by atoms with Crippen molar-refractivity contribution in [1.29, 1.82) is 0 Å². The summed E-state index contributed by atoms with van der Waals surface area (Å²) in [4.78, 5) is 17.0. The molecule has 0 aromatic rings. The van der Waals surface area contributed by atoms with Gasteiger partial charge < -0.3 is 0 Å². The second-order valence-corrected chi connectivity index (χ2v) is 6.15. The average molecular weight is 244 g/mol. The molecule has 2 heterocycles. The molecule has 0 amide bonds. The lowest BCUT2D eigenvalue weighted by Crippen LogP contribution is -2.68. The number of hydrogen-bond acceptors (Lipinski definition) is 3. The van der Waals surface area contributed by atoms with Crippen LogP contribution in [0.3, 0.4) is 0 Å². The van der Waals surface area contributed by atoms with Crippen molar-refractivity contribution in [1.82, 2.24) is 9.80 Å². The van der Waals surface area contributed by atoms with E-state index in [0.717, 1.165) is 26.2 Å². The van der Waals surface area contributed by atoms with E-state index in [1.54, 1.807) is 0 Å². The number of carbonyl (C=O) groups excluding carboxylic acids is 1. The topological polar surface area (TPSA) is 23.6 Å². The lowest BCUT2D eigenvalue weighted by atomic mass is 9.64. The molecule has 0 aromatic carbocycles. The van der Waals surface area contributed by atoms with Gasteiger partial charge in [-0.3, -0.25) is 14.6 Å². The first kappa shape index (κ1) is 13.1. The van der Waals surface area contributed by atoms with Gasteiger partial charge in [0.15, 0.2) is 0 Å². The molecule has 0 spiro atoms. The van der Waals surface area contributed by atoms with Crippen molar-refractivity contribution in [2.45, 2.75) is 13.8 Å². The first-order valence-corrected chi connectivity index (χ1v) is 6.30. The Morgan fingerprint density at radius 2 is 1.33 bits per heavy atom. The molecule has 0 aliphatic carbocycles. The van der Waals surface area contributed by atoms with Crippen LogP contribution in [0.2, 0.25) is 0 Å². The molecule has 0 unspecified atom stereocenters. The van der Waals surface area contributed by atoms with Crippen molar-refractivity contribution in [2.75, 3.05) is 39.3 Å². The van der Waals surface area contributed by atoms with Gasteiger partial charge in [0.1, 0.15) is 5.78 Å². The molecule has 3 nitrogen and oxygen atoms in total. The standard InChI is InChI=1S/C15H20N2O/c1-5-7-16-9-14(3)11-17(8-6-2)12-15(4,10-16)13(14)18/h1-2H,7-12H2,3-4H3. The van der Waals surface area contributed by atoms with Gasteiger partial charge in [-0.05, 0) is 0 Å². The summed E-state index contributed by atoms with van der Waals surface area (Å²) in [6.45, 7) is 8.29. The van der Waals surface area contributed by atoms with E-state index in [2.05, 4.69) is 21.6 Å². The summed E-state index contributed by atoms with van der Waals surface area (Å²) in [5.41, 5.74) is -0.669. The summed E-state index contributed by atoms with van der Waals surface area (Å²) in [6.07, 6.45) is 10.8. The van der Waals surface area contributed by atoms with Crippen molar-refractivity contribution >= 4 is 5.78 Å². The molecule has 18 heavy (non-hydrogen) atoms. The fourth-order valence-electron chi connectivity index (χ4n) is 3.68. The van der Waals surface area contributed by atoms with Gasteiger partial charge in [-0.1, -0.05) is 25.7 Å². The van der Waals surface area contributed by atoms with Gasteiger partial charge in [-0.25, -0.2) is 0 Å². The second-order valence-electron chi connectivity index (χ2n) is 6.15. The zero-order valence-corrected chi connectivity index (χ0v) is 11.2. The summed E-state index contributed by atoms with van der Waals surface area (Å²) < 4.78 is 0. The predicted molar refractivity (Wildman–Crippen MR) is 71.8 cm³/mol. The van der Waals surface area contributed by atoms with Crippen LogP contribution < -0.4 is 0 Å². The monoisotopic (exact) mass is 244 g/mol. The van der Waals surface area contributed by atoms with Crippen LogP contribution in [0.4, 0.5) is 0 Å². The third kappa shape index (κ3) is 2.05. The van der Waals surface area contributed by atoms with Crippen LogP contribution >= 0.6 is 0 Å². The van der Waals surface area contributed by atoms with Gasteiger partial charge in [0, 0.05) is 26.2 Å². The minimum atomic E-state index is -0.334. The number of carbonyl (C=O) groups is 1. The van der Waals surface area contributed by atoms with Crippen molar-refractivity contribution in [3.8, 4) is 24.7 Å². The number of ketones is 1. The van der Waals surface area contributed by atoms with Gasteiger partial charge in [0.05, 0.1) is 23.9 Å². The Balaban J connectivity index is 2.26. The Bertz CT molecular complexity index is 388. The third-order valence-electron chi connectivity index (χ3n) is 4.02. The summed E-state index contributed by atoms with van der Waals surface area (Å²) >= 11 is 0. The summed E-state index contributed by atoms with van der Waals surface area (Å²) in [6, 6.07) is 0. The molecule has 2 bridgehead atoms. The van der Waals surface area contributed by atoms with E-state index >= 15 is 0 Å². The molecule has 2 fully saturated rings. The first-order chi connectivity index (χ1) is 8.43. The van der Waals surface area contributed by atoms with Crippen LogP contribution in [0, 0.1) is 35.5 Å². The number of terminal acetylenes is 2. The lowest BCUT2D eigenvalue weighted by Gasteiger charge is -2.54. The van der Waals surface area contributed by atoms with Crippen molar-refractivity contribution in [3.05, 3.63) is 0 Å². The Kier molecular flexibility index (Phi) is 3.23. The van der Waals surface area contributed by atoms with Crippen LogP contribution in [-0.4, -0.2) is 54.9 Å². The molecule has 2 rings (SSSR count). The maximum atomic E-state index is 12.6. The van der Waals surface area contributed by atoms with Crippen molar-refractivity contribution in [2.24, 2.45) is 10.8 Å². The number of likely N-dealkylation sites (tertiary alicyclic amines) is 2. The normalized spacial score (nSPS) is 37.0. The van der Waals surface area contributed by atoms with E-state index in [0.29, 0.717) is 18.9 Å². The summed E-state index contributed by atoms with van der Waals surface area (Å²) in [5, 5.41) is 0. The molecule has 0 N–H and O–H groups in total. The van der Waals surface area contributed by atoms with E-state index in [9.17, 15) is 4.79 Å². The zero-order valence-electron chi connectivity index (χ0n) is 11.2. The smallest absolute Gasteiger partial charge is 0.149 e. The highest BCUT2D eigenvalue weighted by Gasteiger charge is 2.55. The highest BCUT2D eigenvalue weighted by atomic mass is 16.1. The Morgan fingerprint density at radius 1 is 1.00 bits per heavy atom. The maximum absolute atomic E-state index is 12.6. The van der Waals surface area contributed by atoms with Gasteiger partial charge in [0.2, 0.25) is 0 Å². The van der Waals surface area contributed by atoms with E-state index in [4.69, 9.17) is 12.8 Å².